The molecule has 0 unspecified atom stereocenters. The van der Waals surface area contributed by atoms with Gasteiger partial charge in [-0.05, 0) is 44.4 Å². The van der Waals surface area contributed by atoms with Gasteiger partial charge in [-0.2, -0.15) is 0 Å². The molecule has 0 saturated carbocycles. The topological polar surface area (TPSA) is 82.1 Å². The molecule has 0 radical (unpaired) electrons. The van der Waals surface area contributed by atoms with Gasteiger partial charge in [0.2, 0.25) is 0 Å². The predicted molar refractivity (Wildman–Crippen MR) is 89.5 cm³/mol. The summed E-state index contributed by atoms with van der Waals surface area (Å²) in [7, 11) is 2.49. The maximum absolute atomic E-state index is 12.3. The molecule has 0 saturated heterocycles. The molecule has 0 bridgehead atoms. The third kappa shape index (κ3) is 4.10. The molecule has 0 aromatic heterocycles. The Morgan fingerprint density at radius 2 is 1.68 bits per heavy atom. The Hall–Kier alpha value is -2.57. The van der Waals surface area contributed by atoms with Crippen LogP contribution in [0.3, 0.4) is 0 Å². The standard InChI is InChI=1S/C18H23NO6/c1-18(2,3)25-17(22)19-9-8-11-6-7-12(15(20)23-4)14(13(11)10-19)16(21)24-5/h6-7H,8-10H2,1-5H3. The van der Waals surface area contributed by atoms with Crippen LogP contribution in [0.1, 0.15) is 52.6 Å². The van der Waals surface area contributed by atoms with E-state index in [1.54, 1.807) is 32.9 Å². The van der Waals surface area contributed by atoms with E-state index in [4.69, 9.17) is 14.2 Å². The van der Waals surface area contributed by atoms with Crippen molar-refractivity contribution < 1.29 is 28.6 Å². The van der Waals surface area contributed by atoms with Crippen molar-refractivity contribution in [3.63, 3.8) is 0 Å². The highest BCUT2D eigenvalue weighted by Gasteiger charge is 2.31. The second kappa shape index (κ2) is 7.13. The molecular formula is C18H23NO6. The highest BCUT2D eigenvalue weighted by molar-refractivity contribution is 6.04. The molecule has 1 aliphatic heterocycles. The minimum Gasteiger partial charge on any atom is -0.465 e. The Morgan fingerprint density at radius 1 is 1.04 bits per heavy atom. The van der Waals surface area contributed by atoms with Gasteiger partial charge < -0.3 is 19.1 Å². The number of hydrogen-bond donors (Lipinski definition) is 0. The number of fused-ring (bicyclic) bond motifs is 1. The van der Waals surface area contributed by atoms with Crippen LogP contribution in [0.4, 0.5) is 4.79 Å². The number of benzene rings is 1. The van der Waals surface area contributed by atoms with Crippen LogP contribution < -0.4 is 0 Å². The van der Waals surface area contributed by atoms with Crippen molar-refractivity contribution in [3.05, 3.63) is 34.4 Å². The van der Waals surface area contributed by atoms with Crippen LogP contribution in [-0.2, 0) is 27.2 Å². The molecule has 7 nitrogen and oxygen atoms in total. The van der Waals surface area contributed by atoms with E-state index in [0.29, 0.717) is 18.5 Å². The number of nitrogens with zero attached hydrogens (tertiary/aromatic N) is 1. The quantitative estimate of drug-likeness (QED) is 0.603. The van der Waals surface area contributed by atoms with Crippen LogP contribution in [0.5, 0.6) is 0 Å². The predicted octanol–water partition coefficient (Wildman–Crippen LogP) is 2.55. The number of amides is 1. The van der Waals surface area contributed by atoms with Gasteiger partial charge in [0.1, 0.15) is 5.60 Å². The minimum absolute atomic E-state index is 0.124. The van der Waals surface area contributed by atoms with Gasteiger partial charge in [0.05, 0.1) is 31.9 Å². The van der Waals surface area contributed by atoms with E-state index in [1.165, 1.54) is 19.1 Å². The first kappa shape index (κ1) is 18.8. The lowest BCUT2D eigenvalue weighted by atomic mass is 9.91. The molecule has 2 rings (SSSR count). The number of carbonyl (C=O) groups is 3. The summed E-state index contributed by atoms with van der Waals surface area (Å²) in [6.45, 7) is 6.01. The van der Waals surface area contributed by atoms with Crippen LogP contribution in [0.15, 0.2) is 12.1 Å². The summed E-state index contributed by atoms with van der Waals surface area (Å²) in [6.07, 6.45) is 0.0949. The van der Waals surface area contributed by atoms with Crippen molar-refractivity contribution >= 4 is 18.0 Å². The largest absolute Gasteiger partial charge is 0.465 e. The number of hydrogen-bond acceptors (Lipinski definition) is 6. The van der Waals surface area contributed by atoms with Crippen molar-refractivity contribution in [3.8, 4) is 0 Å². The average Bonchev–Trinajstić information content (AvgIpc) is 2.57. The average molecular weight is 349 g/mol. The Kier molecular flexibility index (Phi) is 5.35. The molecule has 1 aromatic rings. The van der Waals surface area contributed by atoms with E-state index in [9.17, 15) is 14.4 Å². The Morgan fingerprint density at radius 3 is 2.24 bits per heavy atom. The molecule has 1 aromatic carbocycles. The Labute approximate surface area is 146 Å². The van der Waals surface area contributed by atoms with Gasteiger partial charge in [-0.25, -0.2) is 14.4 Å². The zero-order valence-corrected chi connectivity index (χ0v) is 15.2. The van der Waals surface area contributed by atoms with Gasteiger partial charge in [0.25, 0.3) is 0 Å². The molecular weight excluding hydrogens is 326 g/mol. The molecule has 25 heavy (non-hydrogen) atoms. The lowest BCUT2D eigenvalue weighted by Gasteiger charge is -2.32. The van der Waals surface area contributed by atoms with Crippen molar-refractivity contribution in [2.75, 3.05) is 20.8 Å². The SMILES string of the molecule is COC(=O)c1ccc2c(c1C(=O)OC)CN(C(=O)OC(C)(C)C)CC2. The first-order valence-electron chi connectivity index (χ1n) is 7.97. The van der Waals surface area contributed by atoms with Crippen LogP contribution >= 0.6 is 0 Å². The van der Waals surface area contributed by atoms with Crippen LogP contribution in [0.25, 0.3) is 0 Å². The number of carbonyl (C=O) groups excluding carboxylic acids is 3. The molecule has 1 amide bonds. The lowest BCUT2D eigenvalue weighted by molar-refractivity contribution is 0.0221. The first-order valence-corrected chi connectivity index (χ1v) is 7.97. The Balaban J connectivity index is 2.43. The smallest absolute Gasteiger partial charge is 0.410 e. The number of rotatable bonds is 2. The van der Waals surface area contributed by atoms with Gasteiger partial charge in [0.15, 0.2) is 0 Å². The van der Waals surface area contributed by atoms with Crippen LogP contribution in [0.2, 0.25) is 0 Å². The minimum atomic E-state index is -0.636. The van der Waals surface area contributed by atoms with Crippen molar-refractivity contribution in [2.24, 2.45) is 0 Å². The molecule has 0 aliphatic carbocycles. The summed E-state index contributed by atoms with van der Waals surface area (Å²) in [5.74, 6) is -1.26. The monoisotopic (exact) mass is 349 g/mol. The Bertz CT molecular complexity index is 704. The number of esters is 2. The molecule has 1 heterocycles. The second-order valence-corrected chi connectivity index (χ2v) is 6.76. The highest BCUT2D eigenvalue weighted by Crippen LogP contribution is 2.28. The summed E-state index contributed by atoms with van der Waals surface area (Å²) in [6, 6.07) is 3.33. The van der Waals surface area contributed by atoms with E-state index in [2.05, 4.69) is 0 Å². The molecule has 1 aliphatic rings. The van der Waals surface area contributed by atoms with Gasteiger partial charge in [-0.3, -0.25) is 0 Å². The second-order valence-electron chi connectivity index (χ2n) is 6.76. The fraction of sp³-hybridized carbons (Fsp3) is 0.500. The summed E-state index contributed by atoms with van der Waals surface area (Å²) < 4.78 is 15.0. The van der Waals surface area contributed by atoms with E-state index in [1.807, 2.05) is 0 Å². The molecule has 7 heteroatoms. The van der Waals surface area contributed by atoms with E-state index < -0.39 is 23.6 Å². The maximum Gasteiger partial charge on any atom is 0.410 e. The van der Waals surface area contributed by atoms with Gasteiger partial charge in [-0.1, -0.05) is 6.07 Å². The fourth-order valence-electron chi connectivity index (χ4n) is 2.73. The molecule has 0 N–H and O–H groups in total. The number of ether oxygens (including phenoxy) is 3. The summed E-state index contributed by atoms with van der Waals surface area (Å²) in [5.41, 5.74) is 1.13. The first-order chi connectivity index (χ1) is 11.7. The number of methoxy groups -OCH3 is 2. The van der Waals surface area contributed by atoms with Gasteiger partial charge in [0, 0.05) is 6.54 Å². The third-order valence-electron chi connectivity index (χ3n) is 3.86. The van der Waals surface area contributed by atoms with E-state index >= 15 is 0 Å². The summed E-state index contributed by atoms with van der Waals surface area (Å²) >= 11 is 0. The molecule has 136 valence electrons. The van der Waals surface area contributed by atoms with Crippen LogP contribution in [0, 0.1) is 0 Å². The normalized spacial score (nSPS) is 13.7. The zero-order chi connectivity index (χ0) is 18.8. The van der Waals surface area contributed by atoms with E-state index in [-0.39, 0.29) is 17.7 Å². The fourth-order valence-corrected chi connectivity index (χ4v) is 2.73. The maximum atomic E-state index is 12.3. The molecule has 0 fully saturated rings. The zero-order valence-electron chi connectivity index (χ0n) is 15.2. The lowest BCUT2D eigenvalue weighted by Crippen LogP contribution is -2.40. The molecule has 0 atom stereocenters. The highest BCUT2D eigenvalue weighted by atomic mass is 16.6. The third-order valence-corrected chi connectivity index (χ3v) is 3.86. The van der Waals surface area contributed by atoms with Crippen molar-refractivity contribution in [1.82, 2.24) is 4.90 Å². The van der Waals surface area contributed by atoms with Crippen LogP contribution in [-0.4, -0.2) is 49.3 Å². The van der Waals surface area contributed by atoms with Gasteiger partial charge in [-0.15, -0.1) is 0 Å². The summed E-state index contributed by atoms with van der Waals surface area (Å²) in [4.78, 5) is 38.1. The van der Waals surface area contributed by atoms with Gasteiger partial charge >= 0.3 is 18.0 Å². The molecule has 0 spiro atoms. The van der Waals surface area contributed by atoms with Crippen molar-refractivity contribution in [1.29, 1.82) is 0 Å². The summed E-state index contributed by atoms with van der Waals surface area (Å²) in [5, 5.41) is 0. The van der Waals surface area contributed by atoms with E-state index in [0.717, 1.165) is 5.56 Å². The van der Waals surface area contributed by atoms with Crippen molar-refractivity contribution in [2.45, 2.75) is 39.3 Å².